The molecular formula is C18H21N5O3S2. The minimum atomic E-state index is -3.53. The van der Waals surface area contributed by atoms with Gasteiger partial charge in [-0.2, -0.15) is 9.10 Å². The normalized spacial score (nSPS) is 18.2. The molecule has 3 aromatic rings. The van der Waals surface area contributed by atoms with Gasteiger partial charge in [0, 0.05) is 13.1 Å². The maximum absolute atomic E-state index is 13.0. The molecule has 1 aliphatic heterocycles. The topological polar surface area (TPSA) is 90.2 Å². The lowest BCUT2D eigenvalue weighted by Crippen LogP contribution is -2.41. The van der Waals surface area contributed by atoms with E-state index >= 15 is 0 Å². The average Bonchev–Trinajstić information content (AvgIpc) is 3.40. The third-order valence-corrected chi connectivity index (χ3v) is 7.54. The fourth-order valence-electron chi connectivity index (χ4n) is 3.35. The number of sulfonamides is 1. The van der Waals surface area contributed by atoms with Crippen molar-refractivity contribution in [2.75, 3.05) is 20.2 Å². The lowest BCUT2D eigenvalue weighted by molar-refractivity contribution is 0.231. The molecule has 1 saturated heterocycles. The highest BCUT2D eigenvalue weighted by molar-refractivity contribution is 7.89. The van der Waals surface area contributed by atoms with Gasteiger partial charge in [-0.15, -0.1) is 21.5 Å². The van der Waals surface area contributed by atoms with E-state index in [2.05, 4.69) is 15.4 Å². The Kier molecular flexibility index (Phi) is 5.42. The summed E-state index contributed by atoms with van der Waals surface area (Å²) in [4.78, 5) is 2.83. The molecule has 0 N–H and O–H groups in total. The van der Waals surface area contributed by atoms with Crippen LogP contribution in [0.5, 0.6) is 5.75 Å². The van der Waals surface area contributed by atoms with Gasteiger partial charge in [0.1, 0.15) is 5.75 Å². The van der Waals surface area contributed by atoms with Crippen LogP contribution < -0.4 is 4.74 Å². The number of ether oxygens (including phenoxy) is 1. The van der Waals surface area contributed by atoms with E-state index < -0.39 is 10.0 Å². The minimum Gasteiger partial charge on any atom is -0.497 e. The highest BCUT2D eigenvalue weighted by atomic mass is 32.2. The number of thiophene rings is 1. The Morgan fingerprint density at radius 1 is 1.25 bits per heavy atom. The molecule has 0 amide bonds. The lowest BCUT2D eigenvalue weighted by Gasteiger charge is -2.31. The zero-order valence-corrected chi connectivity index (χ0v) is 17.1. The van der Waals surface area contributed by atoms with Gasteiger partial charge in [-0.3, -0.25) is 0 Å². The third kappa shape index (κ3) is 3.94. The summed E-state index contributed by atoms with van der Waals surface area (Å²) in [6.45, 7) is 1.52. The second kappa shape index (κ2) is 7.98. The first kappa shape index (κ1) is 19.0. The van der Waals surface area contributed by atoms with Gasteiger partial charge in [0.15, 0.2) is 0 Å². The van der Waals surface area contributed by atoms with Crippen LogP contribution in [-0.4, -0.2) is 53.1 Å². The molecule has 148 valence electrons. The summed E-state index contributed by atoms with van der Waals surface area (Å²) in [6.07, 6.45) is 1.75. The van der Waals surface area contributed by atoms with Gasteiger partial charge in [-0.1, -0.05) is 6.07 Å². The van der Waals surface area contributed by atoms with E-state index in [1.807, 2.05) is 17.5 Å². The van der Waals surface area contributed by atoms with E-state index in [1.165, 1.54) is 0 Å². The molecule has 0 saturated carbocycles. The van der Waals surface area contributed by atoms with Gasteiger partial charge >= 0.3 is 0 Å². The van der Waals surface area contributed by atoms with Crippen LogP contribution in [0.15, 0.2) is 46.7 Å². The highest BCUT2D eigenvalue weighted by Gasteiger charge is 2.30. The summed E-state index contributed by atoms with van der Waals surface area (Å²) < 4.78 is 32.6. The number of hydrogen-bond acceptors (Lipinski definition) is 7. The highest BCUT2D eigenvalue weighted by Crippen LogP contribution is 2.26. The van der Waals surface area contributed by atoms with E-state index in [1.54, 1.807) is 51.8 Å². The molecule has 1 aromatic carbocycles. The number of piperidine rings is 1. The second-order valence-corrected chi connectivity index (χ2v) is 9.58. The molecule has 10 heteroatoms. The number of methoxy groups -OCH3 is 1. The molecule has 0 spiro atoms. The van der Waals surface area contributed by atoms with Gasteiger partial charge in [0.2, 0.25) is 15.8 Å². The Balaban J connectivity index is 1.45. The third-order valence-electron chi connectivity index (χ3n) is 4.79. The van der Waals surface area contributed by atoms with Gasteiger partial charge in [0.25, 0.3) is 0 Å². The van der Waals surface area contributed by atoms with Crippen LogP contribution in [0.25, 0.3) is 10.7 Å². The molecule has 28 heavy (non-hydrogen) atoms. The molecule has 2 aromatic heterocycles. The van der Waals surface area contributed by atoms with Gasteiger partial charge in [-0.05, 0) is 59.7 Å². The maximum atomic E-state index is 13.0. The Labute approximate surface area is 167 Å². The second-order valence-electron chi connectivity index (χ2n) is 6.69. The largest absolute Gasteiger partial charge is 0.497 e. The summed E-state index contributed by atoms with van der Waals surface area (Å²) in [5, 5.41) is 14.6. The van der Waals surface area contributed by atoms with E-state index in [9.17, 15) is 8.42 Å². The molecular weight excluding hydrogens is 398 g/mol. The van der Waals surface area contributed by atoms with Crippen molar-refractivity contribution in [3.63, 3.8) is 0 Å². The van der Waals surface area contributed by atoms with Crippen molar-refractivity contribution in [2.45, 2.75) is 24.3 Å². The number of tetrazole rings is 1. The van der Waals surface area contributed by atoms with Crippen LogP contribution in [0.1, 0.15) is 12.8 Å². The first-order valence-electron chi connectivity index (χ1n) is 9.02. The summed E-state index contributed by atoms with van der Waals surface area (Å²) >= 11 is 1.56. The lowest BCUT2D eigenvalue weighted by atomic mass is 10.00. The van der Waals surface area contributed by atoms with E-state index in [-0.39, 0.29) is 10.8 Å². The number of rotatable bonds is 6. The van der Waals surface area contributed by atoms with E-state index in [0.717, 1.165) is 17.7 Å². The van der Waals surface area contributed by atoms with Crippen LogP contribution in [0, 0.1) is 5.92 Å². The van der Waals surface area contributed by atoms with Crippen molar-refractivity contribution in [1.29, 1.82) is 0 Å². The van der Waals surface area contributed by atoms with Crippen LogP contribution in [0.4, 0.5) is 0 Å². The SMILES string of the molecule is COc1ccc(S(=O)(=O)N2CCC[C@@H](Cn3nnc(-c4cccs4)n3)C2)cc1. The van der Waals surface area contributed by atoms with Crippen molar-refractivity contribution in [3.8, 4) is 16.5 Å². The zero-order chi connectivity index (χ0) is 19.6. The Hall–Kier alpha value is -2.30. The summed E-state index contributed by atoms with van der Waals surface area (Å²) in [6, 6.07) is 10.4. The molecule has 1 atom stereocenters. The molecule has 4 rings (SSSR count). The molecule has 1 fully saturated rings. The average molecular weight is 420 g/mol. The summed E-state index contributed by atoms with van der Waals surface area (Å²) in [5.74, 6) is 1.38. The monoisotopic (exact) mass is 419 g/mol. The Morgan fingerprint density at radius 2 is 2.07 bits per heavy atom. The predicted molar refractivity (Wildman–Crippen MR) is 106 cm³/mol. The predicted octanol–water partition coefficient (Wildman–Crippen LogP) is 2.51. The van der Waals surface area contributed by atoms with Gasteiger partial charge in [-0.25, -0.2) is 8.42 Å². The number of nitrogens with zero attached hydrogens (tertiary/aromatic N) is 5. The molecule has 1 aliphatic rings. The van der Waals surface area contributed by atoms with E-state index in [0.29, 0.717) is 31.2 Å². The fraction of sp³-hybridized carbons (Fsp3) is 0.389. The maximum Gasteiger partial charge on any atom is 0.243 e. The Morgan fingerprint density at radius 3 is 2.79 bits per heavy atom. The first-order valence-corrected chi connectivity index (χ1v) is 11.3. The smallest absolute Gasteiger partial charge is 0.243 e. The molecule has 0 aliphatic carbocycles. The van der Waals surface area contributed by atoms with Crippen molar-refractivity contribution < 1.29 is 13.2 Å². The van der Waals surface area contributed by atoms with Gasteiger partial charge < -0.3 is 4.74 Å². The van der Waals surface area contributed by atoms with E-state index in [4.69, 9.17) is 4.74 Å². The summed E-state index contributed by atoms with van der Waals surface area (Å²) in [5.41, 5.74) is 0. The van der Waals surface area contributed by atoms with Gasteiger partial charge in [0.05, 0.1) is 23.4 Å². The quantitative estimate of drug-likeness (QED) is 0.610. The number of hydrogen-bond donors (Lipinski definition) is 0. The number of benzene rings is 1. The summed E-state index contributed by atoms with van der Waals surface area (Å²) in [7, 11) is -1.97. The molecule has 0 bridgehead atoms. The standard InChI is InChI=1S/C18H21N5O3S2/c1-26-15-6-8-16(9-7-15)28(24,25)22-10-2-4-14(12-22)13-23-20-18(19-21-23)17-5-3-11-27-17/h3,5-9,11,14H,2,4,10,12-13H2,1H3/t14-/m1/s1. The zero-order valence-electron chi connectivity index (χ0n) is 15.4. The molecule has 0 unspecified atom stereocenters. The van der Waals surface area contributed by atoms with Crippen molar-refractivity contribution >= 4 is 21.4 Å². The number of aromatic nitrogens is 4. The minimum absolute atomic E-state index is 0.146. The first-order chi connectivity index (χ1) is 13.6. The molecule has 8 nitrogen and oxygen atoms in total. The molecule has 3 heterocycles. The van der Waals surface area contributed by atoms with Crippen LogP contribution in [0.2, 0.25) is 0 Å². The fourth-order valence-corrected chi connectivity index (χ4v) is 5.55. The van der Waals surface area contributed by atoms with Crippen LogP contribution in [-0.2, 0) is 16.6 Å². The van der Waals surface area contributed by atoms with Crippen molar-refractivity contribution in [1.82, 2.24) is 24.5 Å². The van der Waals surface area contributed by atoms with Crippen molar-refractivity contribution in [2.24, 2.45) is 5.92 Å². The Bertz CT molecular complexity index is 1020. The van der Waals surface area contributed by atoms with Crippen LogP contribution in [0.3, 0.4) is 0 Å². The van der Waals surface area contributed by atoms with Crippen LogP contribution >= 0.6 is 11.3 Å². The molecule has 0 radical (unpaired) electrons. The van der Waals surface area contributed by atoms with Crippen molar-refractivity contribution in [3.05, 3.63) is 41.8 Å².